The van der Waals surface area contributed by atoms with Crippen LogP contribution in [0, 0.1) is 0 Å². The fraction of sp³-hybridized carbons (Fsp3) is 0.286. The number of Topliss-reactive ketones (excluding diaryl/α,β-unsaturated/α-hetero) is 1. The van der Waals surface area contributed by atoms with Crippen LogP contribution in [0.3, 0.4) is 0 Å². The Morgan fingerprint density at radius 1 is 1.80 bits per heavy atom. The van der Waals surface area contributed by atoms with E-state index in [1.807, 2.05) is 0 Å². The van der Waals surface area contributed by atoms with E-state index in [2.05, 4.69) is 0 Å². The molecule has 0 amide bonds. The first-order valence-corrected chi connectivity index (χ1v) is 3.02. The van der Waals surface area contributed by atoms with Crippen molar-refractivity contribution in [1.29, 1.82) is 0 Å². The van der Waals surface area contributed by atoms with Crippen LogP contribution in [0.25, 0.3) is 0 Å². The zero-order valence-electron chi connectivity index (χ0n) is 5.76. The Kier molecular flexibility index (Phi) is 1.87. The first-order valence-electron chi connectivity index (χ1n) is 3.02. The van der Waals surface area contributed by atoms with Crippen LogP contribution in [0.4, 0.5) is 0 Å². The first-order chi connectivity index (χ1) is 4.74. The van der Waals surface area contributed by atoms with E-state index in [-0.39, 0.29) is 5.78 Å². The van der Waals surface area contributed by atoms with Gasteiger partial charge in [-0.25, -0.2) is 0 Å². The average molecular weight is 139 g/mol. The molecule has 0 radical (unpaired) electrons. The number of carbonyl (C=O) groups excluding carboxylic acids is 1. The maximum Gasteiger partial charge on any atom is 0.194 e. The highest BCUT2D eigenvalue weighted by atomic mass is 16.3. The molecule has 0 aliphatic rings. The van der Waals surface area contributed by atoms with Crippen molar-refractivity contribution in [3.8, 4) is 0 Å². The van der Waals surface area contributed by atoms with E-state index >= 15 is 0 Å². The lowest BCUT2D eigenvalue weighted by atomic mass is 10.3. The molecule has 0 spiro atoms. The van der Waals surface area contributed by atoms with Crippen molar-refractivity contribution in [2.75, 3.05) is 0 Å². The second-order valence-electron chi connectivity index (χ2n) is 2.08. The van der Waals surface area contributed by atoms with Crippen molar-refractivity contribution in [3.05, 3.63) is 23.7 Å². The van der Waals surface area contributed by atoms with Crippen molar-refractivity contribution in [2.45, 2.75) is 13.5 Å². The molecule has 1 aromatic rings. The van der Waals surface area contributed by atoms with Crippen LogP contribution in [0.1, 0.15) is 23.0 Å². The fourth-order valence-electron chi connectivity index (χ4n) is 0.667. The normalized spacial score (nSPS) is 9.80. The van der Waals surface area contributed by atoms with Gasteiger partial charge in [0.25, 0.3) is 0 Å². The highest BCUT2D eigenvalue weighted by Crippen LogP contribution is 2.06. The molecule has 1 aromatic heterocycles. The van der Waals surface area contributed by atoms with Crippen LogP contribution in [-0.2, 0) is 6.54 Å². The van der Waals surface area contributed by atoms with Gasteiger partial charge in [-0.3, -0.25) is 4.79 Å². The molecule has 0 aliphatic carbocycles. The second-order valence-corrected chi connectivity index (χ2v) is 2.08. The molecule has 3 heteroatoms. The SMILES string of the molecule is CC(=O)c1cc(CN)co1. The molecule has 0 saturated heterocycles. The molecular formula is C7H9NO2. The third kappa shape index (κ3) is 1.25. The summed E-state index contributed by atoms with van der Waals surface area (Å²) in [4.78, 5) is 10.6. The number of furan rings is 1. The van der Waals surface area contributed by atoms with Gasteiger partial charge in [0.05, 0.1) is 6.26 Å². The minimum atomic E-state index is -0.0697. The number of rotatable bonds is 2. The topological polar surface area (TPSA) is 56.2 Å². The van der Waals surface area contributed by atoms with Gasteiger partial charge in [-0.05, 0) is 6.07 Å². The maximum absolute atomic E-state index is 10.6. The van der Waals surface area contributed by atoms with Crippen molar-refractivity contribution in [2.24, 2.45) is 5.73 Å². The van der Waals surface area contributed by atoms with Gasteiger partial charge in [0.15, 0.2) is 11.5 Å². The van der Waals surface area contributed by atoms with Gasteiger partial charge in [0, 0.05) is 19.0 Å². The van der Waals surface area contributed by atoms with E-state index in [1.165, 1.54) is 13.2 Å². The molecule has 1 rings (SSSR count). The molecule has 0 aromatic carbocycles. The summed E-state index contributed by atoms with van der Waals surface area (Å²) in [7, 11) is 0. The Bertz CT molecular complexity index is 240. The number of hydrogen-bond acceptors (Lipinski definition) is 3. The summed E-state index contributed by atoms with van der Waals surface area (Å²) in [6, 6.07) is 1.66. The standard InChI is InChI=1S/C7H9NO2/c1-5(9)7-2-6(3-8)4-10-7/h2,4H,3,8H2,1H3. The molecule has 2 N–H and O–H groups in total. The summed E-state index contributed by atoms with van der Waals surface area (Å²) in [5, 5.41) is 0. The van der Waals surface area contributed by atoms with Crippen LogP contribution < -0.4 is 5.73 Å². The van der Waals surface area contributed by atoms with Gasteiger partial charge in [-0.1, -0.05) is 0 Å². The van der Waals surface area contributed by atoms with E-state index in [4.69, 9.17) is 10.2 Å². The number of nitrogens with two attached hydrogens (primary N) is 1. The summed E-state index contributed by atoms with van der Waals surface area (Å²) in [6.07, 6.45) is 1.50. The molecule has 0 atom stereocenters. The molecule has 0 saturated carbocycles. The molecule has 0 fully saturated rings. The Morgan fingerprint density at radius 3 is 2.80 bits per heavy atom. The molecule has 1 heterocycles. The molecule has 10 heavy (non-hydrogen) atoms. The van der Waals surface area contributed by atoms with Crippen LogP contribution in [0.5, 0.6) is 0 Å². The van der Waals surface area contributed by atoms with Gasteiger partial charge in [0.1, 0.15) is 0 Å². The maximum atomic E-state index is 10.6. The lowest BCUT2D eigenvalue weighted by molar-refractivity contribution is 0.0987. The fourth-order valence-corrected chi connectivity index (χ4v) is 0.667. The minimum Gasteiger partial charge on any atom is -0.461 e. The smallest absolute Gasteiger partial charge is 0.194 e. The third-order valence-electron chi connectivity index (χ3n) is 1.24. The van der Waals surface area contributed by atoms with E-state index in [1.54, 1.807) is 6.07 Å². The zero-order chi connectivity index (χ0) is 7.56. The van der Waals surface area contributed by atoms with Gasteiger partial charge < -0.3 is 10.2 Å². The van der Waals surface area contributed by atoms with E-state index in [0.717, 1.165) is 5.56 Å². The molecule has 0 aliphatic heterocycles. The molecular weight excluding hydrogens is 130 g/mol. The Morgan fingerprint density at radius 2 is 2.50 bits per heavy atom. The Labute approximate surface area is 58.8 Å². The number of hydrogen-bond donors (Lipinski definition) is 1. The summed E-state index contributed by atoms with van der Waals surface area (Å²) >= 11 is 0. The Balaban J connectivity index is 2.88. The first kappa shape index (κ1) is 7.02. The zero-order valence-corrected chi connectivity index (χ0v) is 5.76. The molecule has 3 nitrogen and oxygen atoms in total. The monoisotopic (exact) mass is 139 g/mol. The highest BCUT2D eigenvalue weighted by Gasteiger charge is 2.03. The van der Waals surface area contributed by atoms with Crippen molar-refractivity contribution in [1.82, 2.24) is 0 Å². The highest BCUT2D eigenvalue weighted by molar-refractivity contribution is 5.91. The summed E-state index contributed by atoms with van der Waals surface area (Å²) in [5.41, 5.74) is 6.14. The number of carbonyl (C=O) groups is 1. The summed E-state index contributed by atoms with van der Waals surface area (Å²) in [5.74, 6) is 0.306. The Hall–Kier alpha value is -1.09. The van der Waals surface area contributed by atoms with Gasteiger partial charge in [-0.2, -0.15) is 0 Å². The van der Waals surface area contributed by atoms with Crippen molar-refractivity contribution in [3.63, 3.8) is 0 Å². The summed E-state index contributed by atoms with van der Waals surface area (Å²) in [6.45, 7) is 1.87. The lowest BCUT2D eigenvalue weighted by Crippen LogP contribution is -1.93. The van der Waals surface area contributed by atoms with E-state index in [9.17, 15) is 4.79 Å². The third-order valence-corrected chi connectivity index (χ3v) is 1.24. The molecule has 0 bridgehead atoms. The van der Waals surface area contributed by atoms with Gasteiger partial charge >= 0.3 is 0 Å². The molecule has 54 valence electrons. The largest absolute Gasteiger partial charge is 0.461 e. The van der Waals surface area contributed by atoms with Crippen LogP contribution in [0.15, 0.2) is 16.7 Å². The van der Waals surface area contributed by atoms with Crippen molar-refractivity contribution >= 4 is 5.78 Å². The van der Waals surface area contributed by atoms with Gasteiger partial charge in [0.2, 0.25) is 0 Å². The van der Waals surface area contributed by atoms with Crippen LogP contribution in [0.2, 0.25) is 0 Å². The second kappa shape index (κ2) is 2.66. The quantitative estimate of drug-likeness (QED) is 0.620. The van der Waals surface area contributed by atoms with E-state index < -0.39 is 0 Å². The predicted octanol–water partition coefficient (Wildman–Crippen LogP) is 0.941. The molecule has 0 unspecified atom stereocenters. The number of ketones is 1. The lowest BCUT2D eigenvalue weighted by Gasteiger charge is -1.81. The van der Waals surface area contributed by atoms with E-state index in [0.29, 0.717) is 12.3 Å². The average Bonchev–Trinajstić information content (AvgIpc) is 2.34. The minimum absolute atomic E-state index is 0.0697. The van der Waals surface area contributed by atoms with Crippen LogP contribution >= 0.6 is 0 Å². The van der Waals surface area contributed by atoms with Gasteiger partial charge in [-0.15, -0.1) is 0 Å². The van der Waals surface area contributed by atoms with Crippen molar-refractivity contribution < 1.29 is 9.21 Å². The van der Waals surface area contributed by atoms with Crippen LogP contribution in [-0.4, -0.2) is 5.78 Å². The predicted molar refractivity (Wildman–Crippen MR) is 36.6 cm³/mol. The summed E-state index contributed by atoms with van der Waals surface area (Å²) < 4.78 is 4.89.